The highest BCUT2D eigenvalue weighted by molar-refractivity contribution is 7.10. The SMILES string of the molecule is Cc1cccc(/C=C/c2nc(C(C)C)cs2)c1. The van der Waals surface area contributed by atoms with Crippen LogP contribution in [0.25, 0.3) is 12.2 Å². The van der Waals surface area contributed by atoms with Crippen molar-refractivity contribution in [1.82, 2.24) is 4.98 Å². The lowest BCUT2D eigenvalue weighted by molar-refractivity contribution is 0.832. The van der Waals surface area contributed by atoms with Crippen molar-refractivity contribution in [2.75, 3.05) is 0 Å². The zero-order valence-electron chi connectivity index (χ0n) is 10.5. The minimum atomic E-state index is 0.507. The summed E-state index contributed by atoms with van der Waals surface area (Å²) in [5, 5.41) is 3.22. The first kappa shape index (κ1) is 12.1. The highest BCUT2D eigenvalue weighted by atomic mass is 32.1. The predicted molar refractivity (Wildman–Crippen MR) is 76.3 cm³/mol. The Hall–Kier alpha value is -1.41. The molecule has 0 aliphatic carbocycles. The highest BCUT2D eigenvalue weighted by Gasteiger charge is 2.02. The molecule has 0 atom stereocenters. The van der Waals surface area contributed by atoms with Crippen LogP contribution in [-0.2, 0) is 0 Å². The van der Waals surface area contributed by atoms with Crippen molar-refractivity contribution in [2.45, 2.75) is 26.7 Å². The standard InChI is InChI=1S/C15H17NS/c1-11(2)14-10-17-15(16-14)8-7-13-6-4-5-12(3)9-13/h4-11H,1-3H3/b8-7+. The second-order valence-electron chi connectivity index (χ2n) is 4.51. The molecule has 1 aromatic carbocycles. The van der Waals surface area contributed by atoms with Gasteiger partial charge in [-0.25, -0.2) is 4.98 Å². The zero-order chi connectivity index (χ0) is 12.3. The Bertz CT molecular complexity index is 523. The molecule has 0 aliphatic heterocycles. The fourth-order valence-corrected chi connectivity index (χ4v) is 2.45. The summed E-state index contributed by atoms with van der Waals surface area (Å²) >= 11 is 1.70. The molecule has 2 rings (SSSR count). The van der Waals surface area contributed by atoms with E-state index in [4.69, 9.17) is 0 Å². The number of hydrogen-bond acceptors (Lipinski definition) is 2. The summed E-state index contributed by atoms with van der Waals surface area (Å²) in [6, 6.07) is 8.47. The van der Waals surface area contributed by atoms with Gasteiger partial charge in [0.2, 0.25) is 0 Å². The molecule has 1 aromatic heterocycles. The lowest BCUT2D eigenvalue weighted by atomic mass is 10.1. The summed E-state index contributed by atoms with van der Waals surface area (Å²) < 4.78 is 0. The van der Waals surface area contributed by atoms with Crippen molar-refractivity contribution in [3.8, 4) is 0 Å². The summed E-state index contributed by atoms with van der Waals surface area (Å²) in [6.45, 7) is 6.45. The fraction of sp³-hybridized carbons (Fsp3) is 0.267. The van der Waals surface area contributed by atoms with Crippen molar-refractivity contribution in [3.63, 3.8) is 0 Å². The molecule has 0 saturated heterocycles. The first-order valence-electron chi connectivity index (χ1n) is 5.85. The zero-order valence-corrected chi connectivity index (χ0v) is 11.3. The fourth-order valence-electron chi connectivity index (χ4n) is 1.58. The van der Waals surface area contributed by atoms with Crippen LogP contribution in [0.5, 0.6) is 0 Å². The summed E-state index contributed by atoms with van der Waals surface area (Å²) in [6.07, 6.45) is 4.21. The van der Waals surface area contributed by atoms with E-state index in [1.165, 1.54) is 16.8 Å². The van der Waals surface area contributed by atoms with E-state index in [0.717, 1.165) is 5.01 Å². The van der Waals surface area contributed by atoms with Crippen molar-refractivity contribution in [2.24, 2.45) is 0 Å². The first-order valence-corrected chi connectivity index (χ1v) is 6.73. The van der Waals surface area contributed by atoms with Gasteiger partial charge in [-0.05, 0) is 24.5 Å². The van der Waals surface area contributed by atoms with Crippen molar-refractivity contribution in [1.29, 1.82) is 0 Å². The van der Waals surface area contributed by atoms with E-state index >= 15 is 0 Å². The number of aryl methyl sites for hydroxylation is 1. The van der Waals surface area contributed by atoms with Gasteiger partial charge in [0.05, 0.1) is 5.69 Å². The van der Waals surface area contributed by atoms with E-state index in [2.05, 4.69) is 67.6 Å². The van der Waals surface area contributed by atoms with Crippen LogP contribution < -0.4 is 0 Å². The van der Waals surface area contributed by atoms with Gasteiger partial charge in [0.15, 0.2) is 0 Å². The first-order chi connectivity index (χ1) is 8.15. The molecule has 0 bridgehead atoms. The van der Waals surface area contributed by atoms with E-state index in [-0.39, 0.29) is 0 Å². The Morgan fingerprint density at radius 1 is 1.24 bits per heavy atom. The van der Waals surface area contributed by atoms with E-state index < -0.39 is 0 Å². The molecular weight excluding hydrogens is 226 g/mol. The maximum Gasteiger partial charge on any atom is 0.116 e. The van der Waals surface area contributed by atoms with Crippen LogP contribution in [0.3, 0.4) is 0 Å². The number of nitrogens with zero attached hydrogens (tertiary/aromatic N) is 1. The van der Waals surface area contributed by atoms with Crippen LogP contribution in [0.15, 0.2) is 29.6 Å². The molecule has 1 nitrogen and oxygen atoms in total. The molecule has 0 amide bonds. The van der Waals surface area contributed by atoms with Crippen LogP contribution in [-0.4, -0.2) is 4.98 Å². The highest BCUT2D eigenvalue weighted by Crippen LogP contribution is 2.19. The van der Waals surface area contributed by atoms with Gasteiger partial charge in [0, 0.05) is 5.38 Å². The van der Waals surface area contributed by atoms with Gasteiger partial charge in [-0.15, -0.1) is 11.3 Å². The lowest BCUT2D eigenvalue weighted by Gasteiger charge is -1.96. The second kappa shape index (κ2) is 5.28. The van der Waals surface area contributed by atoms with Gasteiger partial charge in [-0.3, -0.25) is 0 Å². The lowest BCUT2D eigenvalue weighted by Crippen LogP contribution is -1.85. The number of benzene rings is 1. The van der Waals surface area contributed by atoms with Gasteiger partial charge in [-0.1, -0.05) is 49.8 Å². The van der Waals surface area contributed by atoms with Crippen LogP contribution in [0.1, 0.15) is 41.6 Å². The number of rotatable bonds is 3. The Labute approximate surface area is 107 Å². The van der Waals surface area contributed by atoms with Gasteiger partial charge in [0.25, 0.3) is 0 Å². The molecule has 2 heteroatoms. The molecule has 0 saturated carbocycles. The third kappa shape index (κ3) is 3.27. The van der Waals surface area contributed by atoms with Gasteiger partial charge < -0.3 is 0 Å². The second-order valence-corrected chi connectivity index (χ2v) is 5.40. The Morgan fingerprint density at radius 3 is 2.71 bits per heavy atom. The average Bonchev–Trinajstić information content (AvgIpc) is 2.75. The average molecular weight is 243 g/mol. The molecule has 0 radical (unpaired) electrons. The summed E-state index contributed by atoms with van der Waals surface area (Å²) in [4.78, 5) is 4.58. The summed E-state index contributed by atoms with van der Waals surface area (Å²) in [7, 11) is 0. The van der Waals surface area contributed by atoms with Crippen molar-refractivity contribution in [3.05, 3.63) is 51.5 Å². The Morgan fingerprint density at radius 2 is 2.06 bits per heavy atom. The maximum absolute atomic E-state index is 4.58. The van der Waals surface area contributed by atoms with Gasteiger partial charge in [0.1, 0.15) is 5.01 Å². The largest absolute Gasteiger partial charge is 0.241 e. The van der Waals surface area contributed by atoms with Crippen molar-refractivity contribution < 1.29 is 0 Å². The summed E-state index contributed by atoms with van der Waals surface area (Å²) in [5.74, 6) is 0.507. The van der Waals surface area contributed by atoms with Gasteiger partial charge in [-0.2, -0.15) is 0 Å². The molecule has 0 fully saturated rings. The third-order valence-corrected chi connectivity index (χ3v) is 3.42. The maximum atomic E-state index is 4.58. The predicted octanol–water partition coefficient (Wildman–Crippen LogP) is 4.75. The van der Waals surface area contributed by atoms with E-state index in [1.54, 1.807) is 11.3 Å². The molecule has 1 heterocycles. The van der Waals surface area contributed by atoms with Crippen LogP contribution in [0.4, 0.5) is 0 Å². The normalized spacial score (nSPS) is 11.5. The quantitative estimate of drug-likeness (QED) is 0.758. The monoisotopic (exact) mass is 243 g/mol. The topological polar surface area (TPSA) is 12.9 Å². The van der Waals surface area contributed by atoms with Crippen LogP contribution >= 0.6 is 11.3 Å². The number of aromatic nitrogens is 1. The van der Waals surface area contributed by atoms with E-state index in [9.17, 15) is 0 Å². The molecule has 88 valence electrons. The van der Waals surface area contributed by atoms with E-state index in [1.807, 2.05) is 0 Å². The summed E-state index contributed by atoms with van der Waals surface area (Å²) in [5.41, 5.74) is 3.69. The molecule has 17 heavy (non-hydrogen) atoms. The smallest absolute Gasteiger partial charge is 0.116 e. The molecule has 2 aromatic rings. The van der Waals surface area contributed by atoms with Crippen LogP contribution in [0, 0.1) is 6.92 Å². The minimum absolute atomic E-state index is 0.507. The molecular formula is C15H17NS. The Balaban J connectivity index is 2.14. The van der Waals surface area contributed by atoms with Crippen LogP contribution in [0.2, 0.25) is 0 Å². The molecule has 0 aliphatic rings. The third-order valence-electron chi connectivity index (χ3n) is 2.59. The Kier molecular flexibility index (Phi) is 3.75. The molecule has 0 N–H and O–H groups in total. The van der Waals surface area contributed by atoms with Gasteiger partial charge >= 0.3 is 0 Å². The molecule has 0 spiro atoms. The van der Waals surface area contributed by atoms with Crippen molar-refractivity contribution >= 4 is 23.5 Å². The number of thiazole rings is 1. The minimum Gasteiger partial charge on any atom is -0.241 e. The van der Waals surface area contributed by atoms with E-state index in [0.29, 0.717) is 5.92 Å². The number of hydrogen-bond donors (Lipinski definition) is 0. The molecule has 0 unspecified atom stereocenters.